The van der Waals surface area contributed by atoms with Crippen LogP contribution in [0.1, 0.15) is 144 Å². The minimum absolute atomic E-state index is 0.0638. The molecule has 7 aromatic rings. The molecule has 0 radical (unpaired) electrons. The first-order valence-corrected chi connectivity index (χ1v) is 30.0. The highest BCUT2D eigenvalue weighted by molar-refractivity contribution is 8.03. The molecule has 2 nitrogen and oxygen atoms in total. The highest BCUT2D eigenvalue weighted by Crippen LogP contribution is 2.49. The fourth-order valence-electron chi connectivity index (χ4n) is 10.8. The van der Waals surface area contributed by atoms with E-state index < -0.39 is 35.0 Å². The maximum atomic E-state index is 15.7. The van der Waals surface area contributed by atoms with E-state index in [4.69, 9.17) is 0 Å². The summed E-state index contributed by atoms with van der Waals surface area (Å²) in [5.74, 6) is 1.76. The number of thioether (sulfide) groups is 1. The summed E-state index contributed by atoms with van der Waals surface area (Å²) in [6, 6.07) is 41.7. The Balaban J connectivity index is 1.01. The van der Waals surface area contributed by atoms with Crippen molar-refractivity contribution in [3.8, 4) is 11.1 Å². The third-order valence-electron chi connectivity index (χ3n) is 15.5. The van der Waals surface area contributed by atoms with Crippen LogP contribution in [0, 0.1) is 11.8 Å². The number of hydrogen-bond donors (Lipinski definition) is 0. The average molecular weight is 1140 g/mol. The van der Waals surface area contributed by atoms with Gasteiger partial charge in [0.25, 0.3) is 0 Å². The Morgan fingerprint density at radius 2 is 0.797 bits per heavy atom. The first-order valence-electron chi connectivity index (χ1n) is 26.7. The van der Waals surface area contributed by atoms with Crippen molar-refractivity contribution in [3.63, 3.8) is 0 Å². The van der Waals surface area contributed by atoms with Crippen LogP contribution in [0.25, 0.3) is 16.7 Å². The fraction of sp³-hybridized carbons (Fsp3) is 0.254. The number of fused-ring (bicyclic) bond motifs is 2. The minimum Gasteiger partial charge on any atom is -0.288 e. The van der Waals surface area contributed by atoms with E-state index in [2.05, 4.69) is 69.0 Å². The van der Waals surface area contributed by atoms with E-state index in [1.165, 1.54) is 110 Å². The highest BCUT2D eigenvalue weighted by atomic mass is 32.2. The van der Waals surface area contributed by atoms with Gasteiger partial charge in [-0.2, -0.15) is 26.3 Å². The summed E-state index contributed by atoms with van der Waals surface area (Å²) in [4.78, 5) is 35.6. The van der Waals surface area contributed by atoms with E-state index in [1.807, 2.05) is 61.5 Å². The molecule has 0 aromatic heterocycles. The van der Waals surface area contributed by atoms with Crippen LogP contribution in [0.5, 0.6) is 0 Å². The van der Waals surface area contributed by atoms with Crippen LogP contribution < -0.4 is 0 Å². The van der Waals surface area contributed by atoms with Gasteiger partial charge in [-0.3, -0.25) is 9.59 Å². The van der Waals surface area contributed by atoms with E-state index in [0.29, 0.717) is 41.2 Å². The smallest absolute Gasteiger partial charge is 0.288 e. The first kappa shape index (κ1) is 56.4. The standard InChI is InChI=1S/C67H58F6O2S4/c1-5-52(29-10-42(4)43-15-17-46(18-16-43)44-11-6-40(2)7-12-44)76-56-36-37-57(77-53-30-23-49(24-31-53)48-21-19-47(20-22-48)45-13-8-41(3)9-14-45)61-60(56)64(74)62-58(78-54-32-25-50(26-33-54)66(68,69)70)38-39-59(63(62)65(61)75)79-55-34-27-51(28-35-55)67(71,72)73/h5,10,15-41,44-45H,4,6-9,11-14H2,1-3H3/b29-10-,52-5+. The number of ketones is 2. The van der Waals surface area contributed by atoms with Crippen molar-refractivity contribution in [1.29, 1.82) is 0 Å². The van der Waals surface area contributed by atoms with E-state index >= 15 is 9.59 Å². The summed E-state index contributed by atoms with van der Waals surface area (Å²) in [5.41, 5.74) is 5.46. The summed E-state index contributed by atoms with van der Waals surface area (Å²) < 4.78 is 82.1. The molecule has 12 heteroatoms. The normalized spacial score (nSPS) is 18.9. The predicted molar refractivity (Wildman–Crippen MR) is 312 cm³/mol. The number of alkyl halides is 6. The Hall–Kier alpha value is -5.92. The largest absolute Gasteiger partial charge is 0.416 e. The molecular weight excluding hydrogens is 1080 g/mol. The Bertz CT molecular complexity index is 3440. The van der Waals surface area contributed by atoms with Crippen LogP contribution >= 0.6 is 47.0 Å². The summed E-state index contributed by atoms with van der Waals surface area (Å²) in [6.45, 7) is 10.9. The lowest BCUT2D eigenvalue weighted by Crippen LogP contribution is -2.24. The van der Waals surface area contributed by atoms with Crippen molar-refractivity contribution in [2.24, 2.45) is 11.8 Å². The van der Waals surface area contributed by atoms with Crippen molar-refractivity contribution in [3.05, 3.63) is 225 Å². The van der Waals surface area contributed by atoms with Gasteiger partial charge in [0.2, 0.25) is 0 Å². The molecule has 0 bridgehead atoms. The second-order valence-corrected chi connectivity index (χ2v) is 25.4. The van der Waals surface area contributed by atoms with Gasteiger partial charge in [-0.1, -0.05) is 166 Å². The number of allylic oxidation sites excluding steroid dienone is 4. The summed E-state index contributed by atoms with van der Waals surface area (Å²) in [6.07, 6.45) is 6.44. The molecule has 3 aliphatic carbocycles. The molecule has 0 unspecified atom stereocenters. The number of carbonyl (C=O) groups is 2. The lowest BCUT2D eigenvalue weighted by atomic mass is 9.79. The van der Waals surface area contributed by atoms with Crippen LogP contribution in [0.2, 0.25) is 0 Å². The maximum absolute atomic E-state index is 15.7. The Kier molecular flexibility index (Phi) is 17.1. The van der Waals surface area contributed by atoms with Crippen LogP contribution in [0.4, 0.5) is 26.3 Å². The summed E-state index contributed by atoms with van der Waals surface area (Å²) >= 11 is 4.80. The van der Waals surface area contributed by atoms with E-state index in [1.54, 1.807) is 12.1 Å². The van der Waals surface area contributed by atoms with Gasteiger partial charge < -0.3 is 0 Å². The monoisotopic (exact) mass is 1140 g/mol. The molecule has 0 heterocycles. The third-order valence-corrected chi connectivity index (χ3v) is 19.9. The lowest BCUT2D eigenvalue weighted by Gasteiger charge is -2.26. The SMILES string of the molecule is C=C(/C=C\C(=C/C)Sc1ccc(Sc2ccc(-c3ccc(C4CCC(C)CC4)cc3)cc2)c2c1C(=O)c1c(Sc3ccc(C(F)(F)F)cc3)ccc(Sc3ccc(C(F)(F)F)cc3)c1C2=O)c1ccc(C2CCC(C)CC2)cc1. The van der Waals surface area contributed by atoms with Gasteiger partial charge in [0, 0.05) is 61.4 Å². The van der Waals surface area contributed by atoms with Crippen molar-refractivity contribution in [2.45, 2.75) is 131 Å². The van der Waals surface area contributed by atoms with Crippen molar-refractivity contribution < 1.29 is 35.9 Å². The fourth-order valence-corrected chi connectivity index (χ4v) is 14.7. The molecule has 0 spiro atoms. The van der Waals surface area contributed by atoms with E-state index in [9.17, 15) is 26.3 Å². The maximum Gasteiger partial charge on any atom is 0.416 e. The van der Waals surface area contributed by atoms with Gasteiger partial charge in [0.05, 0.1) is 11.1 Å². The third kappa shape index (κ3) is 13.0. The molecule has 2 fully saturated rings. The number of halogens is 6. The van der Waals surface area contributed by atoms with Gasteiger partial charge in [-0.25, -0.2) is 0 Å². The molecule has 0 amide bonds. The second-order valence-electron chi connectivity index (χ2n) is 21.0. The van der Waals surface area contributed by atoms with E-state index in [0.717, 1.165) is 91.7 Å². The van der Waals surface area contributed by atoms with Crippen LogP contribution in [0.3, 0.4) is 0 Å². The molecule has 404 valence electrons. The molecule has 10 rings (SSSR count). The molecule has 0 N–H and O–H groups in total. The molecule has 0 aliphatic heterocycles. The quantitative estimate of drug-likeness (QED) is 0.0613. The molecule has 7 aromatic carbocycles. The zero-order chi connectivity index (χ0) is 55.6. The molecule has 0 saturated heterocycles. The zero-order valence-corrected chi connectivity index (χ0v) is 47.2. The lowest BCUT2D eigenvalue weighted by molar-refractivity contribution is -0.138. The molecule has 0 atom stereocenters. The second kappa shape index (κ2) is 24.0. The van der Waals surface area contributed by atoms with Crippen LogP contribution in [-0.4, -0.2) is 11.6 Å². The molecule has 2 saturated carbocycles. The van der Waals surface area contributed by atoms with Crippen molar-refractivity contribution >= 4 is 64.2 Å². The minimum atomic E-state index is -4.57. The number of carbonyl (C=O) groups excluding carboxylic acids is 2. The van der Waals surface area contributed by atoms with Crippen molar-refractivity contribution in [2.75, 3.05) is 0 Å². The topological polar surface area (TPSA) is 34.1 Å². The zero-order valence-electron chi connectivity index (χ0n) is 44.0. The van der Waals surface area contributed by atoms with Gasteiger partial charge in [-0.05, 0) is 181 Å². The Morgan fingerprint density at radius 3 is 1.18 bits per heavy atom. The molecule has 79 heavy (non-hydrogen) atoms. The van der Waals surface area contributed by atoms with Gasteiger partial charge >= 0.3 is 12.4 Å². The number of rotatable bonds is 14. The van der Waals surface area contributed by atoms with Crippen molar-refractivity contribution in [1.82, 2.24) is 0 Å². The summed E-state index contributed by atoms with van der Waals surface area (Å²) in [7, 11) is 0. The van der Waals surface area contributed by atoms with Crippen LogP contribution in [0.15, 0.2) is 210 Å². The van der Waals surface area contributed by atoms with Gasteiger partial charge in [-0.15, -0.1) is 0 Å². The Labute approximate surface area is 476 Å². The Morgan fingerprint density at radius 1 is 0.456 bits per heavy atom. The molecule has 3 aliphatic rings. The van der Waals surface area contributed by atoms with Gasteiger partial charge in [0.1, 0.15) is 0 Å². The molecular formula is C67H58F6O2S4. The van der Waals surface area contributed by atoms with Crippen LogP contribution in [-0.2, 0) is 12.4 Å². The first-order chi connectivity index (χ1) is 37.9. The van der Waals surface area contributed by atoms with Gasteiger partial charge in [0.15, 0.2) is 11.6 Å². The average Bonchev–Trinajstić information content (AvgIpc) is 3.58. The number of hydrogen-bond acceptors (Lipinski definition) is 6. The highest BCUT2D eigenvalue weighted by Gasteiger charge is 2.39. The van der Waals surface area contributed by atoms with E-state index in [-0.39, 0.29) is 22.3 Å². The predicted octanol–water partition coefficient (Wildman–Crippen LogP) is 21.5. The summed E-state index contributed by atoms with van der Waals surface area (Å²) in [5, 5.41) is 0. The number of benzene rings is 7.